The molecule has 0 fully saturated rings. The number of carbonyl (C=O) groups is 1. The van der Waals surface area contributed by atoms with E-state index >= 15 is 0 Å². The molecule has 2 aromatic heterocycles. The van der Waals surface area contributed by atoms with Gasteiger partial charge in [-0.1, -0.05) is 0 Å². The number of H-pyrrole nitrogens is 1. The molecule has 132 valence electrons. The van der Waals surface area contributed by atoms with Crippen molar-refractivity contribution in [1.29, 1.82) is 0 Å². The molecule has 0 aliphatic heterocycles. The van der Waals surface area contributed by atoms with Crippen molar-refractivity contribution < 1.29 is 14.8 Å². The average Bonchev–Trinajstić information content (AvgIpc) is 2.98. The lowest BCUT2D eigenvalue weighted by Gasteiger charge is -2.08. The van der Waals surface area contributed by atoms with Gasteiger partial charge in [-0.15, -0.1) is 0 Å². The maximum absolute atomic E-state index is 11.1. The van der Waals surface area contributed by atoms with Gasteiger partial charge in [0.15, 0.2) is 0 Å². The van der Waals surface area contributed by atoms with Gasteiger partial charge in [-0.3, -0.25) is 19.9 Å². The minimum atomic E-state index is -0.833. The van der Waals surface area contributed by atoms with Crippen LogP contribution < -0.4 is 0 Å². The van der Waals surface area contributed by atoms with Gasteiger partial charge >= 0.3 is 0 Å². The van der Waals surface area contributed by atoms with E-state index in [-0.39, 0.29) is 10.6 Å². The van der Waals surface area contributed by atoms with E-state index in [2.05, 4.69) is 16.9 Å². The molecule has 0 spiro atoms. The third-order valence-electron chi connectivity index (χ3n) is 4.37. The quantitative estimate of drug-likeness (QED) is 0.388. The lowest BCUT2D eigenvalue weighted by atomic mass is 9.97. The number of nitrogens with zero attached hydrogens (tertiary/aromatic N) is 2. The van der Waals surface area contributed by atoms with E-state index in [9.17, 15) is 10.1 Å². The molecule has 2 N–H and O–H groups in total. The molecular formula is C19H17N3O4. The van der Waals surface area contributed by atoms with Crippen molar-refractivity contribution in [2.24, 2.45) is 0 Å². The van der Waals surface area contributed by atoms with Gasteiger partial charge in [0.25, 0.3) is 11.7 Å². The molecule has 7 nitrogen and oxygen atoms in total. The van der Waals surface area contributed by atoms with Crippen molar-refractivity contribution in [2.45, 2.75) is 20.8 Å². The number of benzene rings is 2. The summed E-state index contributed by atoms with van der Waals surface area (Å²) >= 11 is 0. The number of nitro benzene ring substituents is 1. The summed E-state index contributed by atoms with van der Waals surface area (Å²) in [6, 6.07) is 6.95. The standard InChI is InChI=1S/C17H13N3O2.C2H4O2/c1-9-14-8-18-6-5-12(14)10(2)17-16(9)13-7-11(20(21)22)3-4-15(13)19-17;1-2(3)4/h3-8,19H,1-2H3;1H3,(H,3,4). The molecule has 0 amide bonds. The predicted octanol–water partition coefficient (Wildman–Crippen LogP) is 4.49. The van der Waals surface area contributed by atoms with Crippen molar-refractivity contribution >= 4 is 44.2 Å². The van der Waals surface area contributed by atoms with Crippen molar-refractivity contribution in [2.75, 3.05) is 0 Å². The Morgan fingerprint density at radius 3 is 2.50 bits per heavy atom. The molecule has 0 aliphatic rings. The highest BCUT2D eigenvalue weighted by Gasteiger charge is 2.16. The van der Waals surface area contributed by atoms with E-state index in [1.54, 1.807) is 18.3 Å². The first kappa shape index (κ1) is 17.3. The number of nitro groups is 1. The third kappa shape index (κ3) is 2.83. The zero-order valence-electron chi connectivity index (χ0n) is 14.5. The van der Waals surface area contributed by atoms with E-state index in [0.717, 1.165) is 50.6 Å². The van der Waals surface area contributed by atoms with Crippen molar-refractivity contribution in [1.82, 2.24) is 9.97 Å². The van der Waals surface area contributed by atoms with Crippen LogP contribution in [0.25, 0.3) is 32.6 Å². The summed E-state index contributed by atoms with van der Waals surface area (Å²) in [5, 5.41) is 22.6. The molecule has 4 aromatic rings. The number of aromatic amines is 1. The van der Waals surface area contributed by atoms with Gasteiger partial charge in [-0.25, -0.2) is 0 Å². The smallest absolute Gasteiger partial charge is 0.300 e. The third-order valence-corrected chi connectivity index (χ3v) is 4.37. The molecule has 0 unspecified atom stereocenters. The number of carboxylic acids is 1. The van der Waals surface area contributed by atoms with Gasteiger partial charge in [-0.05, 0) is 42.5 Å². The van der Waals surface area contributed by atoms with E-state index < -0.39 is 5.97 Å². The number of pyridine rings is 1. The largest absolute Gasteiger partial charge is 0.481 e. The maximum Gasteiger partial charge on any atom is 0.300 e. The first-order chi connectivity index (χ1) is 12.3. The molecule has 4 rings (SSSR count). The zero-order chi connectivity index (χ0) is 19.0. The highest BCUT2D eigenvalue weighted by atomic mass is 16.6. The molecule has 26 heavy (non-hydrogen) atoms. The van der Waals surface area contributed by atoms with Crippen LogP contribution in [0.3, 0.4) is 0 Å². The Morgan fingerprint density at radius 2 is 1.85 bits per heavy atom. The van der Waals surface area contributed by atoms with Crippen molar-refractivity contribution in [3.63, 3.8) is 0 Å². The summed E-state index contributed by atoms with van der Waals surface area (Å²) in [6.07, 6.45) is 3.64. The number of carboxylic acid groups (broad SMARTS) is 1. The van der Waals surface area contributed by atoms with Gasteiger partial charge < -0.3 is 10.1 Å². The number of fused-ring (bicyclic) bond motifs is 4. The first-order valence-electron chi connectivity index (χ1n) is 7.93. The summed E-state index contributed by atoms with van der Waals surface area (Å²) in [7, 11) is 0. The molecule has 0 saturated heterocycles. The summed E-state index contributed by atoms with van der Waals surface area (Å²) < 4.78 is 0. The highest BCUT2D eigenvalue weighted by Crippen LogP contribution is 2.37. The fraction of sp³-hybridized carbons (Fsp3) is 0.158. The Bertz CT molecular complexity index is 1170. The second-order valence-corrected chi connectivity index (χ2v) is 6.05. The molecule has 7 heteroatoms. The van der Waals surface area contributed by atoms with E-state index in [0.29, 0.717) is 0 Å². The Labute approximate surface area is 148 Å². The summed E-state index contributed by atoms with van der Waals surface area (Å²) in [4.78, 5) is 27.3. The summed E-state index contributed by atoms with van der Waals surface area (Å²) in [6.45, 7) is 5.19. The minimum Gasteiger partial charge on any atom is -0.481 e. The van der Waals surface area contributed by atoms with Crippen LogP contribution in [0.2, 0.25) is 0 Å². The molecule has 0 atom stereocenters. The number of aromatic nitrogens is 2. The number of aliphatic carboxylic acids is 1. The number of aryl methyl sites for hydroxylation is 2. The molecule has 2 heterocycles. The van der Waals surface area contributed by atoms with E-state index in [1.165, 1.54) is 6.07 Å². The normalized spacial score (nSPS) is 10.7. The van der Waals surface area contributed by atoms with Crippen molar-refractivity contribution in [3.05, 3.63) is 57.9 Å². The van der Waals surface area contributed by atoms with E-state index in [4.69, 9.17) is 9.90 Å². The first-order valence-corrected chi connectivity index (χ1v) is 7.93. The summed E-state index contributed by atoms with van der Waals surface area (Å²) in [5.74, 6) is -0.833. The van der Waals surface area contributed by atoms with E-state index in [1.807, 2.05) is 19.2 Å². The predicted molar refractivity (Wildman–Crippen MR) is 101 cm³/mol. The number of hydrogen-bond acceptors (Lipinski definition) is 4. The molecule has 2 aromatic carbocycles. The van der Waals surface area contributed by atoms with Crippen LogP contribution in [0.15, 0.2) is 36.7 Å². The van der Waals surface area contributed by atoms with Crippen LogP contribution >= 0.6 is 0 Å². The SMILES string of the molecule is CC(=O)O.Cc1c2ccncc2c(C)c2c1[nH]c1ccc([N+](=O)[O-])cc12. The van der Waals surface area contributed by atoms with Gasteiger partial charge in [0.05, 0.1) is 10.4 Å². The molecule has 0 radical (unpaired) electrons. The molecule has 0 bridgehead atoms. The lowest BCUT2D eigenvalue weighted by molar-refractivity contribution is -0.384. The molecule has 0 saturated carbocycles. The van der Waals surface area contributed by atoms with Crippen LogP contribution in [0.4, 0.5) is 5.69 Å². The lowest BCUT2D eigenvalue weighted by Crippen LogP contribution is -1.88. The van der Waals surface area contributed by atoms with Gasteiger partial charge in [0, 0.05) is 53.1 Å². The van der Waals surface area contributed by atoms with Gasteiger partial charge in [0.2, 0.25) is 0 Å². The Morgan fingerprint density at radius 1 is 1.15 bits per heavy atom. The number of rotatable bonds is 1. The molecule has 0 aliphatic carbocycles. The number of non-ortho nitro benzene ring substituents is 1. The van der Waals surface area contributed by atoms with Crippen molar-refractivity contribution in [3.8, 4) is 0 Å². The second-order valence-electron chi connectivity index (χ2n) is 6.05. The molecular weight excluding hydrogens is 334 g/mol. The summed E-state index contributed by atoms with van der Waals surface area (Å²) in [5.41, 5.74) is 4.28. The zero-order valence-corrected chi connectivity index (χ0v) is 14.5. The van der Waals surface area contributed by atoms with Crippen LogP contribution in [0.5, 0.6) is 0 Å². The van der Waals surface area contributed by atoms with Crippen LogP contribution in [-0.2, 0) is 4.79 Å². The Balaban J connectivity index is 0.000000447. The fourth-order valence-electron chi connectivity index (χ4n) is 3.25. The number of nitrogens with one attached hydrogen (secondary N) is 1. The highest BCUT2D eigenvalue weighted by molar-refractivity contribution is 6.16. The fourth-order valence-corrected chi connectivity index (χ4v) is 3.25. The monoisotopic (exact) mass is 351 g/mol. The van der Waals surface area contributed by atoms with Gasteiger partial charge in [-0.2, -0.15) is 0 Å². The Hall–Kier alpha value is -3.48. The topological polar surface area (TPSA) is 109 Å². The maximum atomic E-state index is 11.1. The van der Waals surface area contributed by atoms with Crippen LogP contribution in [-0.4, -0.2) is 26.0 Å². The second kappa shape index (κ2) is 6.44. The average molecular weight is 351 g/mol. The van der Waals surface area contributed by atoms with Crippen LogP contribution in [0, 0.1) is 24.0 Å². The number of hydrogen-bond donors (Lipinski definition) is 2. The Kier molecular flexibility index (Phi) is 4.29. The van der Waals surface area contributed by atoms with Gasteiger partial charge in [0.1, 0.15) is 0 Å². The van der Waals surface area contributed by atoms with Crippen LogP contribution in [0.1, 0.15) is 18.1 Å². The minimum absolute atomic E-state index is 0.108.